The molecule has 1 aromatic carbocycles. The minimum atomic E-state index is -5.08. The number of hydrogen-bond donors (Lipinski definition) is 3. The Morgan fingerprint density at radius 2 is 1.77 bits per heavy atom. The van der Waals surface area contributed by atoms with Gasteiger partial charge in [-0.05, 0) is 18.4 Å². The molecule has 3 N–H and O–H groups in total. The zero-order valence-corrected chi connectivity index (χ0v) is 16.4. The maximum Gasteiger partial charge on any atom is 0.490 e. The number of rotatable bonds is 6. The van der Waals surface area contributed by atoms with Gasteiger partial charge in [-0.2, -0.15) is 13.2 Å². The number of benzene rings is 1. The van der Waals surface area contributed by atoms with Crippen LogP contribution in [0.25, 0.3) is 0 Å². The number of aryl methyl sites for hydroxylation is 2. The number of carboxylic acid groups (broad SMARTS) is 2. The fourth-order valence-corrected chi connectivity index (χ4v) is 3.02. The highest BCUT2D eigenvalue weighted by atomic mass is 19.4. The van der Waals surface area contributed by atoms with Crippen LogP contribution in [0.2, 0.25) is 0 Å². The van der Waals surface area contributed by atoms with Gasteiger partial charge in [-0.3, -0.25) is 4.79 Å². The predicted octanol–water partition coefficient (Wildman–Crippen LogP) is 2.21. The molecule has 3 rings (SSSR count). The first-order valence-corrected chi connectivity index (χ1v) is 9.47. The second-order valence-electron chi connectivity index (χ2n) is 6.93. The molecule has 0 aliphatic carbocycles. The van der Waals surface area contributed by atoms with Crippen molar-refractivity contribution in [3.8, 4) is 0 Å². The molecule has 8 nitrogen and oxygen atoms in total. The molecule has 1 aliphatic rings. The van der Waals surface area contributed by atoms with Gasteiger partial charge in [-0.15, -0.1) is 0 Å². The number of fused-ring (bicyclic) bond motifs is 1. The van der Waals surface area contributed by atoms with E-state index in [9.17, 15) is 27.9 Å². The number of aliphatic carboxylic acids is 2. The third-order valence-corrected chi connectivity index (χ3v) is 4.46. The van der Waals surface area contributed by atoms with E-state index >= 15 is 0 Å². The summed E-state index contributed by atoms with van der Waals surface area (Å²) >= 11 is 0. The molecular formula is C20H22F3N3O5. The Kier molecular flexibility index (Phi) is 8.17. The summed E-state index contributed by atoms with van der Waals surface area (Å²) < 4.78 is 33.8. The van der Waals surface area contributed by atoms with Gasteiger partial charge < -0.3 is 20.1 Å². The van der Waals surface area contributed by atoms with E-state index in [0.717, 1.165) is 37.2 Å². The van der Waals surface area contributed by atoms with E-state index in [4.69, 9.17) is 9.90 Å². The highest BCUT2D eigenvalue weighted by Crippen LogP contribution is 2.15. The quantitative estimate of drug-likeness (QED) is 0.632. The molecule has 2 heterocycles. The second-order valence-corrected chi connectivity index (χ2v) is 6.93. The zero-order valence-electron chi connectivity index (χ0n) is 16.4. The number of amides is 1. The molecule has 0 radical (unpaired) electrons. The Hall–Kier alpha value is -3.37. The molecule has 2 aromatic rings. The Balaban J connectivity index is 0.000000423. The van der Waals surface area contributed by atoms with Gasteiger partial charge in [-0.1, -0.05) is 30.3 Å². The van der Waals surface area contributed by atoms with Crippen molar-refractivity contribution in [1.82, 2.24) is 14.9 Å². The van der Waals surface area contributed by atoms with Gasteiger partial charge in [0, 0.05) is 25.6 Å². The van der Waals surface area contributed by atoms with Gasteiger partial charge in [0.05, 0.1) is 12.1 Å². The fraction of sp³-hybridized carbons (Fsp3) is 0.400. The normalized spacial score (nSPS) is 13.9. The summed E-state index contributed by atoms with van der Waals surface area (Å²) in [5.41, 5.74) is 1.58. The van der Waals surface area contributed by atoms with Crippen molar-refractivity contribution in [2.24, 2.45) is 0 Å². The van der Waals surface area contributed by atoms with Crippen molar-refractivity contribution in [3.63, 3.8) is 0 Å². The molecule has 1 atom stereocenters. The first-order chi connectivity index (χ1) is 14.6. The lowest BCUT2D eigenvalue weighted by Crippen LogP contribution is -2.43. The highest BCUT2D eigenvalue weighted by Gasteiger charge is 2.38. The van der Waals surface area contributed by atoms with Crippen LogP contribution in [0, 0.1) is 0 Å². The van der Waals surface area contributed by atoms with Crippen molar-refractivity contribution < 1.29 is 37.8 Å². The molecule has 0 fully saturated rings. The largest absolute Gasteiger partial charge is 0.490 e. The van der Waals surface area contributed by atoms with E-state index in [0.29, 0.717) is 5.69 Å². The molecular weight excluding hydrogens is 419 g/mol. The summed E-state index contributed by atoms with van der Waals surface area (Å²) in [4.78, 5) is 37.0. The SMILES string of the molecule is O=C(Cc1cn2c(n1)CCCC2)N[C@H](Cc1ccccc1)C(=O)O.O=C(O)C(F)(F)F. The van der Waals surface area contributed by atoms with Crippen LogP contribution in [0.5, 0.6) is 0 Å². The van der Waals surface area contributed by atoms with Gasteiger partial charge in [0.1, 0.15) is 11.9 Å². The molecule has 1 aromatic heterocycles. The van der Waals surface area contributed by atoms with E-state index in [2.05, 4.69) is 14.9 Å². The minimum Gasteiger partial charge on any atom is -0.480 e. The number of aromatic nitrogens is 2. The molecule has 0 spiro atoms. The minimum absolute atomic E-state index is 0.110. The van der Waals surface area contributed by atoms with Crippen LogP contribution in [-0.4, -0.2) is 49.8 Å². The molecule has 31 heavy (non-hydrogen) atoms. The predicted molar refractivity (Wildman–Crippen MR) is 102 cm³/mol. The maximum absolute atomic E-state index is 12.2. The van der Waals surface area contributed by atoms with Crippen LogP contribution < -0.4 is 5.32 Å². The average Bonchev–Trinajstić information content (AvgIpc) is 3.10. The number of nitrogens with zero attached hydrogens (tertiary/aromatic N) is 2. The van der Waals surface area contributed by atoms with E-state index < -0.39 is 24.2 Å². The monoisotopic (exact) mass is 441 g/mol. The molecule has 11 heteroatoms. The van der Waals surface area contributed by atoms with Crippen molar-refractivity contribution in [3.05, 3.63) is 53.6 Å². The van der Waals surface area contributed by atoms with E-state index in [-0.39, 0.29) is 18.7 Å². The number of alkyl halides is 3. The maximum atomic E-state index is 12.2. The number of nitrogens with one attached hydrogen (secondary N) is 1. The first kappa shape index (κ1) is 23.9. The van der Waals surface area contributed by atoms with Crippen LogP contribution in [-0.2, 0) is 40.2 Å². The molecule has 168 valence electrons. The van der Waals surface area contributed by atoms with Crippen molar-refractivity contribution >= 4 is 17.8 Å². The topological polar surface area (TPSA) is 122 Å². The summed E-state index contributed by atoms with van der Waals surface area (Å²) in [6.07, 6.45) is 0.391. The summed E-state index contributed by atoms with van der Waals surface area (Å²) in [6, 6.07) is 8.35. The molecule has 0 saturated heterocycles. The van der Waals surface area contributed by atoms with Gasteiger partial charge in [-0.25, -0.2) is 14.6 Å². The molecule has 1 aliphatic heterocycles. The summed E-state index contributed by atoms with van der Waals surface area (Å²) in [6.45, 7) is 0.940. The van der Waals surface area contributed by atoms with Crippen molar-refractivity contribution in [1.29, 1.82) is 0 Å². The number of imidazole rings is 1. The van der Waals surface area contributed by atoms with Crippen LogP contribution in [0.3, 0.4) is 0 Å². The van der Waals surface area contributed by atoms with Gasteiger partial charge >= 0.3 is 18.1 Å². The second kappa shape index (κ2) is 10.6. The number of halogens is 3. The van der Waals surface area contributed by atoms with Crippen molar-refractivity contribution in [2.75, 3.05) is 0 Å². The van der Waals surface area contributed by atoms with Gasteiger partial charge in [0.2, 0.25) is 5.91 Å². The van der Waals surface area contributed by atoms with Gasteiger partial charge in [0.15, 0.2) is 0 Å². The van der Waals surface area contributed by atoms with E-state index in [1.165, 1.54) is 0 Å². The zero-order chi connectivity index (χ0) is 23.0. The number of carboxylic acids is 2. The summed E-state index contributed by atoms with van der Waals surface area (Å²) in [5, 5.41) is 19.1. The van der Waals surface area contributed by atoms with Gasteiger partial charge in [0.25, 0.3) is 0 Å². The van der Waals surface area contributed by atoms with Crippen LogP contribution in [0.4, 0.5) is 13.2 Å². The summed E-state index contributed by atoms with van der Waals surface area (Å²) in [5.74, 6) is -3.08. The smallest absolute Gasteiger partial charge is 0.480 e. The Labute approximate surface area is 175 Å². The number of carbonyl (C=O) groups excluding carboxylic acids is 1. The highest BCUT2D eigenvalue weighted by molar-refractivity contribution is 5.84. The number of carbonyl (C=O) groups is 3. The Morgan fingerprint density at radius 3 is 2.32 bits per heavy atom. The lowest BCUT2D eigenvalue weighted by atomic mass is 10.1. The van der Waals surface area contributed by atoms with Crippen LogP contribution in [0.15, 0.2) is 36.5 Å². The third kappa shape index (κ3) is 7.76. The first-order valence-electron chi connectivity index (χ1n) is 9.47. The van der Waals surface area contributed by atoms with Crippen LogP contribution in [0.1, 0.15) is 29.9 Å². The third-order valence-electron chi connectivity index (χ3n) is 4.46. The fourth-order valence-electron chi connectivity index (χ4n) is 3.02. The molecule has 0 saturated carbocycles. The Bertz CT molecular complexity index is 889. The molecule has 0 bridgehead atoms. The van der Waals surface area contributed by atoms with E-state index in [1.807, 2.05) is 36.5 Å². The van der Waals surface area contributed by atoms with E-state index in [1.54, 1.807) is 0 Å². The molecule has 1 amide bonds. The molecule has 0 unspecified atom stereocenters. The lowest BCUT2D eigenvalue weighted by molar-refractivity contribution is -0.192. The number of hydrogen-bond acceptors (Lipinski definition) is 4. The standard InChI is InChI=1S/C18H21N3O3.C2HF3O2/c22-17(11-14-12-21-9-5-4-8-16(21)19-14)20-15(18(23)24)10-13-6-2-1-3-7-13;3-2(4,5)1(6)7/h1-3,6-7,12,15H,4-5,8-11H2,(H,20,22)(H,23,24);(H,6,7)/t15-;/m1./s1. The van der Waals surface area contributed by atoms with Crippen molar-refractivity contribution in [2.45, 2.75) is 50.9 Å². The summed E-state index contributed by atoms with van der Waals surface area (Å²) in [7, 11) is 0. The lowest BCUT2D eigenvalue weighted by Gasteiger charge is -2.14. The average molecular weight is 441 g/mol. The Morgan fingerprint density at radius 1 is 1.13 bits per heavy atom. The van der Waals surface area contributed by atoms with Crippen LogP contribution >= 0.6 is 0 Å².